The van der Waals surface area contributed by atoms with Crippen LogP contribution in [0.4, 0.5) is 10.1 Å². The van der Waals surface area contributed by atoms with Crippen LogP contribution in [-0.4, -0.2) is 49.5 Å². The van der Waals surface area contributed by atoms with Gasteiger partial charge in [0, 0.05) is 48.4 Å². The van der Waals surface area contributed by atoms with Crippen molar-refractivity contribution >= 4 is 22.5 Å². The Kier molecular flexibility index (Phi) is 5.13. The summed E-state index contributed by atoms with van der Waals surface area (Å²) in [7, 11) is 4.20. The van der Waals surface area contributed by atoms with E-state index in [-0.39, 0.29) is 11.7 Å². The van der Waals surface area contributed by atoms with Crippen LogP contribution in [0.2, 0.25) is 0 Å². The minimum atomic E-state index is -0.456. The number of benzene rings is 2. The third-order valence-corrected chi connectivity index (χ3v) is 6.75. The van der Waals surface area contributed by atoms with Gasteiger partial charge >= 0.3 is 0 Å². The molecule has 5 rings (SSSR count). The number of nitrogens with one attached hydrogen (secondary N) is 1. The Hall–Kier alpha value is -2.99. The normalized spacial score (nSPS) is 17.5. The number of rotatable bonds is 6. The smallest absolute Gasteiger partial charge is 0.252 e. The average Bonchev–Trinajstić information content (AvgIpc) is 3.51. The molecule has 1 saturated heterocycles. The molecule has 2 heterocycles. The first-order chi connectivity index (χ1) is 15.4. The van der Waals surface area contributed by atoms with E-state index in [0.29, 0.717) is 17.0 Å². The number of aryl methyl sites for hydroxylation is 1. The zero-order chi connectivity index (χ0) is 22.5. The molecule has 2 aliphatic rings. The van der Waals surface area contributed by atoms with Crippen molar-refractivity contribution in [2.45, 2.75) is 25.3 Å². The Morgan fingerprint density at radius 2 is 2.00 bits per heavy atom. The summed E-state index contributed by atoms with van der Waals surface area (Å²) in [4.78, 5) is 22.1. The lowest BCUT2D eigenvalue weighted by Gasteiger charge is -2.42. The molecule has 0 unspecified atom stereocenters. The van der Waals surface area contributed by atoms with Gasteiger partial charge in [-0.1, -0.05) is 18.2 Å². The Morgan fingerprint density at radius 1 is 1.22 bits per heavy atom. The predicted molar refractivity (Wildman–Crippen MR) is 126 cm³/mol. The van der Waals surface area contributed by atoms with Gasteiger partial charge in [0.15, 0.2) is 0 Å². The molecule has 2 fully saturated rings. The van der Waals surface area contributed by atoms with E-state index in [1.54, 1.807) is 12.3 Å². The van der Waals surface area contributed by atoms with Crippen LogP contribution in [0, 0.1) is 18.7 Å². The number of pyridine rings is 1. The number of carbonyl (C=O) groups is 1. The topological polar surface area (TPSA) is 48.5 Å². The summed E-state index contributed by atoms with van der Waals surface area (Å²) in [6, 6.07) is 13.1. The van der Waals surface area contributed by atoms with Crippen molar-refractivity contribution in [3.8, 4) is 0 Å². The maximum atomic E-state index is 14.3. The first-order valence-electron chi connectivity index (χ1n) is 11.2. The molecule has 1 saturated carbocycles. The molecule has 0 bridgehead atoms. The fourth-order valence-electron chi connectivity index (χ4n) is 4.89. The van der Waals surface area contributed by atoms with Gasteiger partial charge in [-0.2, -0.15) is 0 Å². The summed E-state index contributed by atoms with van der Waals surface area (Å²) in [5.41, 5.74) is 3.60. The van der Waals surface area contributed by atoms with E-state index in [9.17, 15) is 9.18 Å². The standard InChI is InChI=1S/C26H29FN4O/c1-17-6-7-19(31-15-18(16-31)14-30(2)3)13-21(17)25(32)29-26(10-11-26)22-8-9-23(27)24-20(22)5-4-12-28-24/h4-9,12-13,18H,10-11,14-16H2,1-3H3,(H,29,32). The SMILES string of the molecule is Cc1ccc(N2CC(CN(C)C)C2)cc1C(=O)NC1(c2ccc(F)c3ncccc23)CC1. The maximum absolute atomic E-state index is 14.3. The van der Waals surface area contributed by atoms with E-state index >= 15 is 0 Å². The number of carbonyl (C=O) groups excluding carboxylic acids is 1. The molecule has 2 aromatic carbocycles. The third-order valence-electron chi connectivity index (χ3n) is 6.75. The van der Waals surface area contributed by atoms with E-state index in [2.05, 4.69) is 40.3 Å². The lowest BCUT2D eigenvalue weighted by Crippen LogP contribution is -2.50. The Balaban J connectivity index is 1.37. The van der Waals surface area contributed by atoms with Crippen LogP contribution in [0.3, 0.4) is 0 Å². The summed E-state index contributed by atoms with van der Waals surface area (Å²) in [5.74, 6) is 0.254. The van der Waals surface area contributed by atoms with Gasteiger partial charge in [-0.05, 0) is 69.3 Å². The first kappa shape index (κ1) is 20.9. The zero-order valence-corrected chi connectivity index (χ0v) is 18.9. The van der Waals surface area contributed by atoms with Gasteiger partial charge in [0.25, 0.3) is 5.91 Å². The first-order valence-corrected chi connectivity index (χ1v) is 11.2. The molecular formula is C26H29FN4O. The van der Waals surface area contributed by atoms with Crippen molar-refractivity contribution in [2.75, 3.05) is 38.6 Å². The number of hydrogen-bond donors (Lipinski definition) is 1. The summed E-state index contributed by atoms with van der Waals surface area (Å²) in [6.45, 7) is 5.08. The highest BCUT2D eigenvalue weighted by atomic mass is 19.1. The average molecular weight is 433 g/mol. The maximum Gasteiger partial charge on any atom is 0.252 e. The number of hydrogen-bond acceptors (Lipinski definition) is 4. The van der Waals surface area contributed by atoms with Crippen molar-refractivity contribution in [1.82, 2.24) is 15.2 Å². The Bertz CT molecular complexity index is 1180. The van der Waals surface area contributed by atoms with Gasteiger partial charge in [-0.15, -0.1) is 0 Å². The van der Waals surface area contributed by atoms with Gasteiger partial charge in [0.1, 0.15) is 11.3 Å². The highest BCUT2D eigenvalue weighted by Crippen LogP contribution is 2.48. The Labute approximate surface area is 188 Å². The van der Waals surface area contributed by atoms with Gasteiger partial charge in [-0.3, -0.25) is 9.78 Å². The molecule has 0 spiro atoms. The summed E-state index contributed by atoms with van der Waals surface area (Å²) in [5, 5.41) is 4.04. The van der Waals surface area contributed by atoms with Crippen LogP contribution in [0.25, 0.3) is 10.9 Å². The van der Waals surface area contributed by atoms with Crippen molar-refractivity contribution in [3.63, 3.8) is 0 Å². The molecule has 6 heteroatoms. The third kappa shape index (κ3) is 3.73. The van der Waals surface area contributed by atoms with Crippen molar-refractivity contribution in [1.29, 1.82) is 0 Å². The molecule has 1 aliphatic carbocycles. The number of aromatic nitrogens is 1. The van der Waals surface area contributed by atoms with Crippen molar-refractivity contribution < 1.29 is 9.18 Å². The second kappa shape index (κ2) is 7.85. The summed E-state index contributed by atoms with van der Waals surface area (Å²) in [6.07, 6.45) is 3.28. The number of nitrogens with zero attached hydrogens (tertiary/aromatic N) is 3. The van der Waals surface area contributed by atoms with Gasteiger partial charge in [0.2, 0.25) is 0 Å². The lowest BCUT2D eigenvalue weighted by molar-refractivity contribution is 0.0930. The largest absolute Gasteiger partial charge is 0.371 e. The van der Waals surface area contributed by atoms with Crippen LogP contribution < -0.4 is 10.2 Å². The van der Waals surface area contributed by atoms with E-state index in [4.69, 9.17) is 0 Å². The molecule has 1 amide bonds. The van der Waals surface area contributed by atoms with E-state index < -0.39 is 5.54 Å². The monoisotopic (exact) mass is 432 g/mol. The van der Waals surface area contributed by atoms with Gasteiger partial charge < -0.3 is 15.1 Å². The van der Waals surface area contributed by atoms with Gasteiger partial charge in [0.05, 0.1) is 5.54 Å². The van der Waals surface area contributed by atoms with Gasteiger partial charge in [-0.25, -0.2) is 4.39 Å². The number of amides is 1. The van der Waals surface area contributed by atoms with E-state index in [0.717, 1.165) is 54.7 Å². The predicted octanol–water partition coefficient (Wildman–Crippen LogP) is 4.10. The second-order valence-corrected chi connectivity index (χ2v) is 9.56. The zero-order valence-electron chi connectivity index (χ0n) is 18.9. The minimum absolute atomic E-state index is 0.0754. The highest BCUT2D eigenvalue weighted by Gasteiger charge is 2.47. The van der Waals surface area contributed by atoms with Crippen molar-refractivity contribution in [3.05, 3.63) is 71.2 Å². The number of halogens is 1. The fourth-order valence-corrected chi connectivity index (χ4v) is 4.89. The highest BCUT2D eigenvalue weighted by molar-refractivity contribution is 5.98. The quantitative estimate of drug-likeness (QED) is 0.637. The lowest BCUT2D eigenvalue weighted by atomic mass is 9.96. The van der Waals surface area contributed by atoms with Crippen LogP contribution >= 0.6 is 0 Å². The molecule has 166 valence electrons. The molecule has 1 aromatic heterocycles. The van der Waals surface area contributed by atoms with E-state index in [1.165, 1.54) is 6.07 Å². The van der Waals surface area contributed by atoms with Crippen molar-refractivity contribution in [2.24, 2.45) is 5.92 Å². The molecule has 0 radical (unpaired) electrons. The fraction of sp³-hybridized carbons (Fsp3) is 0.385. The molecule has 32 heavy (non-hydrogen) atoms. The summed E-state index contributed by atoms with van der Waals surface area (Å²) >= 11 is 0. The van der Waals surface area contributed by atoms with Crippen LogP contribution in [0.1, 0.15) is 34.3 Å². The number of fused-ring (bicyclic) bond motifs is 1. The molecule has 1 N–H and O–H groups in total. The second-order valence-electron chi connectivity index (χ2n) is 9.56. The van der Waals surface area contributed by atoms with Crippen LogP contribution in [-0.2, 0) is 5.54 Å². The van der Waals surface area contributed by atoms with Crippen LogP contribution in [0.15, 0.2) is 48.7 Å². The molecular weight excluding hydrogens is 403 g/mol. The molecule has 5 nitrogen and oxygen atoms in total. The molecule has 0 atom stereocenters. The number of anilines is 1. The van der Waals surface area contributed by atoms with Crippen LogP contribution in [0.5, 0.6) is 0 Å². The van der Waals surface area contributed by atoms with E-state index in [1.807, 2.05) is 31.2 Å². The molecule has 3 aromatic rings. The minimum Gasteiger partial charge on any atom is -0.371 e. The Morgan fingerprint density at radius 3 is 2.72 bits per heavy atom. The molecule has 1 aliphatic heterocycles. The summed E-state index contributed by atoms with van der Waals surface area (Å²) < 4.78 is 14.3.